The fraction of sp³-hybridized carbons (Fsp3) is 0.273. The zero-order valence-electron chi connectivity index (χ0n) is 16.1. The van der Waals surface area contributed by atoms with Crippen LogP contribution >= 0.6 is 0 Å². The van der Waals surface area contributed by atoms with E-state index < -0.39 is 11.5 Å². The zero-order chi connectivity index (χ0) is 20.3. The largest absolute Gasteiger partial charge is 0.506 e. The fourth-order valence-electron chi connectivity index (χ4n) is 4.28. The van der Waals surface area contributed by atoms with Crippen molar-refractivity contribution >= 4 is 22.5 Å². The van der Waals surface area contributed by atoms with Crippen molar-refractivity contribution in [2.24, 2.45) is 0 Å². The molecular formula is C22H20N2O5. The molecular weight excluding hydrogens is 372 g/mol. The number of pyridine rings is 1. The first kappa shape index (κ1) is 17.6. The van der Waals surface area contributed by atoms with Crippen molar-refractivity contribution in [2.45, 2.75) is 19.4 Å². The lowest BCUT2D eigenvalue weighted by Gasteiger charge is -2.28. The number of methoxy groups -OCH3 is 1. The highest BCUT2D eigenvalue weighted by molar-refractivity contribution is 6.12. The van der Waals surface area contributed by atoms with Crippen LogP contribution < -0.4 is 19.9 Å². The van der Waals surface area contributed by atoms with E-state index in [2.05, 4.69) is 0 Å². The molecule has 0 radical (unpaired) electrons. The third-order valence-corrected chi connectivity index (χ3v) is 5.72. The SMILES string of the molecule is COc1cc2c3c(c1)c(O)c(C(=O)N1CCc4ccccc41)c(=O)n3C(C)CO2. The molecule has 29 heavy (non-hydrogen) atoms. The molecule has 0 saturated heterocycles. The number of anilines is 1. The Hall–Kier alpha value is -3.48. The lowest BCUT2D eigenvalue weighted by molar-refractivity contribution is 0.0984. The molecule has 5 rings (SSSR count). The molecule has 7 nitrogen and oxygen atoms in total. The average Bonchev–Trinajstić information content (AvgIpc) is 3.16. The molecule has 2 aliphatic heterocycles. The Balaban J connectivity index is 1.77. The van der Waals surface area contributed by atoms with Crippen LogP contribution in [0.3, 0.4) is 0 Å². The summed E-state index contributed by atoms with van der Waals surface area (Å²) >= 11 is 0. The van der Waals surface area contributed by atoms with Crippen LogP contribution in [0.15, 0.2) is 41.2 Å². The Kier molecular flexibility index (Phi) is 3.81. The molecule has 1 aromatic heterocycles. The molecule has 148 valence electrons. The van der Waals surface area contributed by atoms with Gasteiger partial charge in [0.2, 0.25) is 0 Å². The number of aromatic hydroxyl groups is 1. The van der Waals surface area contributed by atoms with Crippen LogP contribution in [0.25, 0.3) is 10.9 Å². The van der Waals surface area contributed by atoms with Gasteiger partial charge in [-0.1, -0.05) is 18.2 Å². The van der Waals surface area contributed by atoms with Gasteiger partial charge in [-0.3, -0.25) is 14.2 Å². The first-order chi connectivity index (χ1) is 14.0. The van der Waals surface area contributed by atoms with Crippen LogP contribution in [0.1, 0.15) is 28.9 Å². The molecule has 0 fully saturated rings. The van der Waals surface area contributed by atoms with Gasteiger partial charge in [-0.15, -0.1) is 0 Å². The first-order valence-electron chi connectivity index (χ1n) is 9.53. The van der Waals surface area contributed by atoms with E-state index in [4.69, 9.17) is 9.47 Å². The lowest BCUT2D eigenvalue weighted by atomic mass is 10.1. The molecule has 1 amide bonds. The third kappa shape index (κ3) is 2.43. The molecule has 3 aromatic rings. The Morgan fingerprint density at radius 2 is 2.07 bits per heavy atom. The lowest BCUT2D eigenvalue weighted by Crippen LogP contribution is -2.38. The number of benzene rings is 2. The first-order valence-corrected chi connectivity index (χ1v) is 9.53. The van der Waals surface area contributed by atoms with Crippen molar-refractivity contribution < 1.29 is 19.4 Å². The molecule has 7 heteroatoms. The van der Waals surface area contributed by atoms with E-state index in [9.17, 15) is 14.7 Å². The van der Waals surface area contributed by atoms with Gasteiger partial charge < -0.3 is 19.5 Å². The smallest absolute Gasteiger partial charge is 0.268 e. The maximum Gasteiger partial charge on any atom is 0.268 e. The van der Waals surface area contributed by atoms with Crippen molar-refractivity contribution in [1.29, 1.82) is 0 Å². The van der Waals surface area contributed by atoms with Crippen LogP contribution in [0.4, 0.5) is 5.69 Å². The molecule has 0 bridgehead atoms. The van der Waals surface area contributed by atoms with Crippen LogP contribution in [0, 0.1) is 0 Å². The quantitative estimate of drug-likeness (QED) is 0.725. The van der Waals surface area contributed by atoms with E-state index in [-0.39, 0.29) is 17.4 Å². The van der Waals surface area contributed by atoms with Crippen LogP contribution in [0.2, 0.25) is 0 Å². The van der Waals surface area contributed by atoms with Crippen molar-refractivity contribution in [2.75, 3.05) is 25.2 Å². The summed E-state index contributed by atoms with van der Waals surface area (Å²) in [6.07, 6.45) is 0.715. The third-order valence-electron chi connectivity index (χ3n) is 5.72. The summed E-state index contributed by atoms with van der Waals surface area (Å²) in [5.74, 6) is 0.0995. The second kappa shape index (κ2) is 6.27. The maximum atomic E-state index is 13.4. The van der Waals surface area contributed by atoms with Crippen LogP contribution in [0.5, 0.6) is 17.2 Å². The van der Waals surface area contributed by atoms with Crippen molar-refractivity contribution in [3.8, 4) is 17.2 Å². The second-order valence-electron chi connectivity index (χ2n) is 7.42. The Morgan fingerprint density at radius 1 is 1.28 bits per heavy atom. The number of amides is 1. The predicted octanol–water partition coefficient (Wildman–Crippen LogP) is 2.87. The number of carbonyl (C=O) groups is 1. The predicted molar refractivity (Wildman–Crippen MR) is 108 cm³/mol. The average molecular weight is 392 g/mol. The molecule has 1 atom stereocenters. The monoisotopic (exact) mass is 392 g/mol. The summed E-state index contributed by atoms with van der Waals surface area (Å²) in [5.41, 5.74) is 1.57. The second-order valence-corrected chi connectivity index (χ2v) is 7.42. The minimum absolute atomic E-state index is 0.220. The van der Waals surface area contributed by atoms with Crippen LogP contribution in [-0.4, -0.2) is 35.8 Å². The van der Waals surface area contributed by atoms with Crippen LogP contribution in [-0.2, 0) is 6.42 Å². The number of carbonyl (C=O) groups excluding carboxylic acids is 1. The Labute approximate surface area is 166 Å². The van der Waals surface area contributed by atoms with Gasteiger partial charge in [0, 0.05) is 23.7 Å². The standard InChI is InChI=1S/C22H20N2O5/c1-12-11-29-17-10-14(28-2)9-15-19(17)24(12)22(27)18(20(15)25)21(26)23-8-7-13-5-3-4-6-16(13)23/h3-6,9-10,12,25H,7-8,11H2,1-2H3. The normalized spacial score (nSPS) is 17.2. The number of para-hydroxylation sites is 1. The van der Waals surface area contributed by atoms with E-state index in [1.165, 1.54) is 7.11 Å². The van der Waals surface area contributed by atoms with E-state index in [1.807, 2.05) is 31.2 Å². The summed E-state index contributed by atoms with van der Waals surface area (Å²) < 4.78 is 12.6. The highest BCUT2D eigenvalue weighted by Gasteiger charge is 2.33. The van der Waals surface area contributed by atoms with Gasteiger partial charge in [0.15, 0.2) is 0 Å². The molecule has 1 unspecified atom stereocenters. The zero-order valence-corrected chi connectivity index (χ0v) is 16.1. The van der Waals surface area contributed by atoms with Gasteiger partial charge in [0.1, 0.15) is 29.4 Å². The molecule has 0 aliphatic carbocycles. The maximum absolute atomic E-state index is 13.4. The number of nitrogens with zero attached hydrogens (tertiary/aromatic N) is 2. The van der Waals surface area contributed by atoms with E-state index in [0.29, 0.717) is 42.0 Å². The number of rotatable bonds is 2. The number of fused-ring (bicyclic) bond motifs is 1. The number of hydrogen-bond acceptors (Lipinski definition) is 5. The summed E-state index contributed by atoms with van der Waals surface area (Å²) in [5, 5.41) is 11.4. The van der Waals surface area contributed by atoms with E-state index >= 15 is 0 Å². The highest BCUT2D eigenvalue weighted by Crippen LogP contribution is 2.40. The number of ether oxygens (including phenoxy) is 2. The molecule has 3 heterocycles. The molecule has 1 N–H and O–H groups in total. The van der Waals surface area contributed by atoms with Gasteiger partial charge in [-0.25, -0.2) is 0 Å². The fourth-order valence-corrected chi connectivity index (χ4v) is 4.28. The summed E-state index contributed by atoms with van der Waals surface area (Å²) in [6.45, 7) is 2.61. The van der Waals surface area contributed by atoms with Crippen molar-refractivity contribution in [1.82, 2.24) is 4.57 Å². The Bertz CT molecular complexity index is 1230. The molecule has 2 aliphatic rings. The van der Waals surface area contributed by atoms with Crippen molar-refractivity contribution in [3.63, 3.8) is 0 Å². The van der Waals surface area contributed by atoms with Gasteiger partial charge in [-0.2, -0.15) is 0 Å². The topological polar surface area (TPSA) is 81.0 Å². The molecule has 0 saturated carbocycles. The Morgan fingerprint density at radius 3 is 2.86 bits per heavy atom. The molecule has 2 aromatic carbocycles. The molecule has 0 spiro atoms. The van der Waals surface area contributed by atoms with Gasteiger partial charge in [0.25, 0.3) is 11.5 Å². The minimum Gasteiger partial charge on any atom is -0.506 e. The number of aromatic nitrogens is 1. The summed E-state index contributed by atoms with van der Waals surface area (Å²) in [6, 6.07) is 10.6. The van der Waals surface area contributed by atoms with Gasteiger partial charge in [-0.05, 0) is 31.0 Å². The summed E-state index contributed by atoms with van der Waals surface area (Å²) in [4.78, 5) is 28.3. The van der Waals surface area contributed by atoms with Gasteiger partial charge >= 0.3 is 0 Å². The summed E-state index contributed by atoms with van der Waals surface area (Å²) in [7, 11) is 1.51. The minimum atomic E-state index is -0.508. The van der Waals surface area contributed by atoms with E-state index in [1.54, 1.807) is 21.6 Å². The van der Waals surface area contributed by atoms with Gasteiger partial charge in [0.05, 0.1) is 18.7 Å². The van der Waals surface area contributed by atoms with Crippen molar-refractivity contribution in [3.05, 3.63) is 57.9 Å². The number of hydrogen-bond donors (Lipinski definition) is 1. The highest BCUT2D eigenvalue weighted by atomic mass is 16.5. The van der Waals surface area contributed by atoms with E-state index in [0.717, 1.165) is 11.3 Å².